The minimum Gasteiger partial charge on any atom is -0.493 e. The second-order valence-corrected chi connectivity index (χ2v) is 6.11. The lowest BCUT2D eigenvalue weighted by Crippen LogP contribution is -2.40. The summed E-state index contributed by atoms with van der Waals surface area (Å²) in [5.74, 6) is 0.00772. The molecule has 2 rings (SSSR count). The highest BCUT2D eigenvalue weighted by Crippen LogP contribution is 2.38. The van der Waals surface area contributed by atoms with Gasteiger partial charge in [0.15, 0.2) is 17.3 Å². The number of rotatable bonds is 8. The molecule has 1 amide bonds. The first-order valence-electron chi connectivity index (χ1n) is 8.74. The van der Waals surface area contributed by atoms with Crippen LogP contribution in [0.2, 0.25) is 0 Å². The predicted molar refractivity (Wildman–Crippen MR) is 105 cm³/mol. The first-order valence-corrected chi connectivity index (χ1v) is 8.74. The number of carbonyl (C=O) groups is 3. The summed E-state index contributed by atoms with van der Waals surface area (Å²) in [5.41, 5.74) is 0.735. The fraction of sp³-hybridized carbons (Fsp3) is 0.286. The van der Waals surface area contributed by atoms with E-state index in [9.17, 15) is 14.4 Å². The van der Waals surface area contributed by atoms with E-state index in [0.717, 1.165) is 0 Å². The summed E-state index contributed by atoms with van der Waals surface area (Å²) in [4.78, 5) is 36.1. The number of nitrogens with one attached hydrogen (secondary N) is 1. The van der Waals surface area contributed by atoms with E-state index in [2.05, 4.69) is 5.32 Å². The summed E-state index contributed by atoms with van der Waals surface area (Å²) >= 11 is 0. The van der Waals surface area contributed by atoms with Crippen LogP contribution in [0.1, 0.15) is 34.6 Å². The Morgan fingerprint density at radius 3 is 1.86 bits per heavy atom. The number of hydrogen-bond donors (Lipinski definition) is 1. The molecule has 0 saturated heterocycles. The maximum absolute atomic E-state index is 12.6. The summed E-state index contributed by atoms with van der Waals surface area (Å²) in [5, 5.41) is 2.57. The van der Waals surface area contributed by atoms with Crippen molar-refractivity contribution in [3.05, 3.63) is 47.5 Å². The second kappa shape index (κ2) is 9.59. The topological polar surface area (TPSA) is 100 Å². The largest absolute Gasteiger partial charge is 0.493 e. The third-order valence-corrected chi connectivity index (χ3v) is 4.11. The molecule has 1 N–H and O–H groups in total. The zero-order valence-electron chi connectivity index (χ0n) is 16.9. The molecule has 1 atom stereocenters. The predicted octanol–water partition coefficient (Wildman–Crippen LogP) is 2.64. The maximum atomic E-state index is 12.6. The van der Waals surface area contributed by atoms with Crippen LogP contribution in [0.25, 0.3) is 0 Å². The molecule has 0 aromatic heterocycles. The van der Waals surface area contributed by atoms with E-state index in [4.69, 9.17) is 18.9 Å². The van der Waals surface area contributed by atoms with Crippen molar-refractivity contribution >= 4 is 17.7 Å². The van der Waals surface area contributed by atoms with Gasteiger partial charge in [0.2, 0.25) is 5.75 Å². The van der Waals surface area contributed by atoms with Crippen LogP contribution in [0, 0.1) is 0 Å². The van der Waals surface area contributed by atoms with E-state index in [1.807, 2.05) is 0 Å². The van der Waals surface area contributed by atoms with Crippen LogP contribution >= 0.6 is 0 Å². The van der Waals surface area contributed by atoms with E-state index in [1.165, 1.54) is 59.4 Å². The monoisotopic (exact) mass is 401 g/mol. The van der Waals surface area contributed by atoms with Gasteiger partial charge in [-0.2, -0.15) is 0 Å². The summed E-state index contributed by atoms with van der Waals surface area (Å²) in [7, 11) is 4.34. The Balaban J connectivity index is 2.09. The molecule has 29 heavy (non-hydrogen) atoms. The number of hydrogen-bond acceptors (Lipinski definition) is 7. The number of benzene rings is 2. The van der Waals surface area contributed by atoms with Gasteiger partial charge in [-0.3, -0.25) is 9.59 Å². The highest BCUT2D eigenvalue weighted by Gasteiger charge is 2.22. The Labute approximate surface area is 168 Å². The third kappa shape index (κ3) is 5.25. The van der Waals surface area contributed by atoms with Crippen molar-refractivity contribution in [1.29, 1.82) is 0 Å². The average molecular weight is 401 g/mol. The van der Waals surface area contributed by atoms with Gasteiger partial charge in [0.1, 0.15) is 11.8 Å². The van der Waals surface area contributed by atoms with Crippen LogP contribution in [0.4, 0.5) is 0 Å². The number of Topliss-reactive ketones (excluding diaryl/α,β-unsaturated/α-hetero) is 1. The van der Waals surface area contributed by atoms with Crippen molar-refractivity contribution < 1.29 is 33.3 Å². The van der Waals surface area contributed by atoms with Gasteiger partial charge in [-0.1, -0.05) is 0 Å². The van der Waals surface area contributed by atoms with Crippen LogP contribution in [0.15, 0.2) is 36.4 Å². The average Bonchev–Trinajstić information content (AvgIpc) is 2.72. The smallest absolute Gasteiger partial charge is 0.333 e. The number of amides is 1. The highest BCUT2D eigenvalue weighted by molar-refractivity contribution is 5.98. The van der Waals surface area contributed by atoms with Gasteiger partial charge >= 0.3 is 5.97 Å². The van der Waals surface area contributed by atoms with Gasteiger partial charge in [-0.25, -0.2) is 4.79 Å². The number of ketones is 1. The molecule has 0 aliphatic rings. The Morgan fingerprint density at radius 1 is 0.862 bits per heavy atom. The second-order valence-electron chi connectivity index (χ2n) is 6.11. The van der Waals surface area contributed by atoms with Crippen molar-refractivity contribution in [2.24, 2.45) is 0 Å². The van der Waals surface area contributed by atoms with Gasteiger partial charge in [0.25, 0.3) is 5.91 Å². The first kappa shape index (κ1) is 21.7. The van der Waals surface area contributed by atoms with Gasteiger partial charge < -0.3 is 24.3 Å². The zero-order valence-corrected chi connectivity index (χ0v) is 16.9. The molecule has 0 fully saturated rings. The van der Waals surface area contributed by atoms with E-state index < -0.39 is 17.9 Å². The summed E-state index contributed by atoms with van der Waals surface area (Å²) in [6.07, 6.45) is 0. The van der Waals surface area contributed by atoms with E-state index >= 15 is 0 Å². The molecule has 2 aromatic rings. The summed E-state index contributed by atoms with van der Waals surface area (Å²) in [6.45, 7) is 2.95. The van der Waals surface area contributed by atoms with E-state index in [1.54, 1.807) is 12.1 Å². The molecule has 0 aliphatic carbocycles. The quantitative estimate of drug-likeness (QED) is 0.412. The van der Waals surface area contributed by atoms with Crippen molar-refractivity contribution in [2.45, 2.75) is 19.9 Å². The van der Waals surface area contributed by atoms with Crippen LogP contribution in [0.3, 0.4) is 0 Å². The molecule has 0 saturated carbocycles. The minimum atomic E-state index is -0.922. The summed E-state index contributed by atoms with van der Waals surface area (Å²) < 4.78 is 20.9. The third-order valence-electron chi connectivity index (χ3n) is 4.11. The van der Waals surface area contributed by atoms with Crippen LogP contribution < -0.4 is 24.3 Å². The molecular weight excluding hydrogens is 378 g/mol. The normalized spacial score (nSPS) is 11.2. The molecule has 8 nitrogen and oxygen atoms in total. The lowest BCUT2D eigenvalue weighted by molar-refractivity contribution is -0.136. The lowest BCUT2D eigenvalue weighted by Gasteiger charge is -2.16. The van der Waals surface area contributed by atoms with Crippen molar-refractivity contribution in [2.75, 3.05) is 21.3 Å². The maximum Gasteiger partial charge on any atom is 0.333 e. The zero-order chi connectivity index (χ0) is 21.6. The van der Waals surface area contributed by atoms with Crippen LogP contribution in [-0.4, -0.2) is 45.0 Å². The number of methoxy groups -OCH3 is 3. The fourth-order valence-electron chi connectivity index (χ4n) is 2.51. The number of carbonyl (C=O) groups excluding carboxylic acids is 3. The van der Waals surface area contributed by atoms with Gasteiger partial charge in [0, 0.05) is 11.1 Å². The SMILES string of the molecule is COc1cc(C(=O)N[C@@H](C)C(=O)Oc2ccc(C(C)=O)cc2)cc(OC)c1OC. The Hall–Kier alpha value is -3.55. The van der Waals surface area contributed by atoms with E-state index in [0.29, 0.717) is 22.8 Å². The van der Waals surface area contributed by atoms with E-state index in [-0.39, 0.29) is 17.1 Å². The van der Waals surface area contributed by atoms with Crippen LogP contribution in [0.5, 0.6) is 23.0 Å². The molecule has 0 spiro atoms. The molecular formula is C21H23NO7. The van der Waals surface area contributed by atoms with Crippen molar-refractivity contribution in [3.8, 4) is 23.0 Å². The molecule has 0 radical (unpaired) electrons. The van der Waals surface area contributed by atoms with Crippen LogP contribution in [-0.2, 0) is 4.79 Å². The molecule has 154 valence electrons. The summed E-state index contributed by atoms with van der Waals surface area (Å²) in [6, 6.07) is 8.19. The van der Waals surface area contributed by atoms with Gasteiger partial charge in [-0.05, 0) is 50.2 Å². The van der Waals surface area contributed by atoms with Gasteiger partial charge in [0.05, 0.1) is 21.3 Å². The van der Waals surface area contributed by atoms with Crippen molar-refractivity contribution in [3.63, 3.8) is 0 Å². The molecule has 2 aromatic carbocycles. The Kier molecular flexibility index (Phi) is 7.19. The fourth-order valence-corrected chi connectivity index (χ4v) is 2.51. The Bertz CT molecular complexity index is 881. The number of ether oxygens (including phenoxy) is 4. The molecule has 0 bridgehead atoms. The molecule has 0 aliphatic heterocycles. The molecule has 0 heterocycles. The van der Waals surface area contributed by atoms with Crippen molar-refractivity contribution in [1.82, 2.24) is 5.32 Å². The molecule has 8 heteroatoms. The standard InChI is InChI=1S/C21H23NO7/c1-12(21(25)29-16-8-6-14(7-9-16)13(2)23)22-20(24)15-10-17(26-3)19(28-5)18(11-15)27-4/h6-12H,1-5H3,(H,22,24)/t12-/m0/s1. The van der Waals surface area contributed by atoms with Gasteiger partial charge in [-0.15, -0.1) is 0 Å². The first-order chi connectivity index (χ1) is 13.8. The Morgan fingerprint density at radius 2 is 1.41 bits per heavy atom. The number of esters is 1. The lowest BCUT2D eigenvalue weighted by atomic mass is 10.1. The molecule has 0 unspecified atom stereocenters. The highest BCUT2D eigenvalue weighted by atomic mass is 16.5. The minimum absolute atomic E-state index is 0.0890.